The Labute approximate surface area is 68.0 Å². The van der Waals surface area contributed by atoms with Crippen molar-refractivity contribution >= 4 is 0 Å². The van der Waals surface area contributed by atoms with Gasteiger partial charge >= 0.3 is 0 Å². The van der Waals surface area contributed by atoms with Crippen molar-refractivity contribution in [3.8, 4) is 0 Å². The average molecular weight is 153 g/mol. The lowest BCUT2D eigenvalue weighted by atomic mass is 9.93. The van der Waals surface area contributed by atoms with Crippen LogP contribution in [0.2, 0.25) is 0 Å². The van der Waals surface area contributed by atoms with Crippen molar-refractivity contribution in [2.75, 3.05) is 13.6 Å². The van der Waals surface area contributed by atoms with Gasteiger partial charge in [-0.1, -0.05) is 6.92 Å². The minimum Gasteiger partial charge on any atom is -0.295 e. The summed E-state index contributed by atoms with van der Waals surface area (Å²) >= 11 is 0. The Morgan fingerprint density at radius 3 is 2.73 bits per heavy atom. The van der Waals surface area contributed by atoms with Crippen LogP contribution < -0.4 is 5.73 Å². The largest absolute Gasteiger partial charge is 0.295 e. The van der Waals surface area contributed by atoms with Gasteiger partial charge < -0.3 is 0 Å². The smallest absolute Gasteiger partial charge is 0.204 e. The predicted molar refractivity (Wildman–Crippen MR) is 43.6 cm³/mol. The molecule has 1 aliphatic carbocycles. The molecule has 62 valence electrons. The van der Waals surface area contributed by atoms with Crippen LogP contribution in [0.4, 0.5) is 0 Å². The molecule has 2 N–H and O–H groups in total. The number of hydrogen-bond donors (Lipinski definition) is 1. The van der Waals surface area contributed by atoms with Crippen LogP contribution in [0.5, 0.6) is 0 Å². The van der Waals surface area contributed by atoms with Crippen molar-refractivity contribution in [1.29, 1.82) is 0 Å². The third kappa shape index (κ3) is 0.456. The van der Waals surface area contributed by atoms with E-state index in [9.17, 15) is 0 Å². The molecular weight excluding hydrogens is 136 g/mol. The molecule has 3 rings (SSSR count). The molecule has 5 atom stereocenters. The molecule has 11 heavy (non-hydrogen) atoms. The second kappa shape index (κ2) is 1.38. The summed E-state index contributed by atoms with van der Waals surface area (Å²) < 4.78 is 1.22. The van der Waals surface area contributed by atoms with Gasteiger partial charge in [-0.25, -0.2) is 0 Å². The standard InChI is InChI=1S/C9H17N2/c1-3-7-6-4-8(6)11(2)5-9(7,11)10/h6-8H,3-5,10H2,1-2H3/q+1. The topological polar surface area (TPSA) is 26.0 Å². The number of piperidine rings is 2. The first-order valence-electron chi connectivity index (χ1n) is 4.77. The van der Waals surface area contributed by atoms with Gasteiger partial charge in [0.15, 0.2) is 6.54 Å². The molecule has 2 heterocycles. The highest BCUT2D eigenvalue weighted by Crippen LogP contribution is 2.67. The summed E-state index contributed by atoms with van der Waals surface area (Å²) in [5.74, 6) is 1.85. The number of hydrogen-bond acceptors (Lipinski definition) is 1. The molecule has 1 saturated carbocycles. The van der Waals surface area contributed by atoms with Crippen molar-refractivity contribution in [3.63, 3.8) is 0 Å². The number of likely N-dealkylation sites (N-methyl/N-ethyl adjacent to an activating group) is 1. The number of quaternary nitrogens is 1. The van der Waals surface area contributed by atoms with Gasteiger partial charge in [-0.2, -0.15) is 0 Å². The van der Waals surface area contributed by atoms with E-state index < -0.39 is 0 Å². The summed E-state index contributed by atoms with van der Waals surface area (Å²) in [6, 6.07) is 0.963. The molecule has 0 aromatic rings. The second-order valence-electron chi connectivity index (χ2n) is 4.90. The van der Waals surface area contributed by atoms with Gasteiger partial charge in [-0.15, -0.1) is 0 Å². The maximum Gasteiger partial charge on any atom is 0.204 e. The zero-order chi connectivity index (χ0) is 7.85. The van der Waals surface area contributed by atoms with E-state index in [0.717, 1.165) is 17.9 Å². The van der Waals surface area contributed by atoms with Crippen LogP contribution in [0, 0.1) is 11.8 Å². The average Bonchev–Trinajstić information content (AvgIpc) is 2.74. The van der Waals surface area contributed by atoms with E-state index in [-0.39, 0.29) is 5.66 Å². The van der Waals surface area contributed by atoms with Crippen LogP contribution in [-0.4, -0.2) is 29.8 Å². The van der Waals surface area contributed by atoms with E-state index in [0.29, 0.717) is 0 Å². The summed E-state index contributed by atoms with van der Waals surface area (Å²) in [5, 5.41) is 0. The molecule has 3 aliphatic rings. The van der Waals surface area contributed by atoms with Crippen LogP contribution >= 0.6 is 0 Å². The SMILES string of the molecule is CCC1C2CC2[N+]2(C)CC12N. The summed E-state index contributed by atoms with van der Waals surface area (Å²) in [6.45, 7) is 3.55. The molecule has 0 radical (unpaired) electrons. The third-order valence-electron chi connectivity index (χ3n) is 4.56. The van der Waals surface area contributed by atoms with Crippen molar-refractivity contribution in [2.45, 2.75) is 31.5 Å². The van der Waals surface area contributed by atoms with Gasteiger partial charge in [-0.3, -0.25) is 10.2 Å². The lowest BCUT2D eigenvalue weighted by Gasteiger charge is -2.17. The number of rotatable bonds is 1. The van der Waals surface area contributed by atoms with E-state index in [4.69, 9.17) is 5.73 Å². The summed E-state index contributed by atoms with van der Waals surface area (Å²) in [5.41, 5.74) is 6.56. The quantitative estimate of drug-likeness (QED) is 0.431. The number of fused-ring (bicyclic) bond motifs is 3. The highest BCUT2D eigenvalue weighted by Gasteiger charge is 2.85. The predicted octanol–water partition coefficient (Wildman–Crippen LogP) is 0.530. The number of nitrogens with zero attached hydrogens (tertiary/aromatic N) is 1. The zero-order valence-corrected chi connectivity index (χ0v) is 7.38. The summed E-state index contributed by atoms with van der Waals surface area (Å²) in [6.07, 6.45) is 2.76. The Kier molecular flexibility index (Phi) is 0.807. The third-order valence-corrected chi connectivity index (χ3v) is 4.56. The summed E-state index contributed by atoms with van der Waals surface area (Å²) in [4.78, 5) is 0. The first-order chi connectivity index (χ1) is 5.13. The lowest BCUT2D eigenvalue weighted by molar-refractivity contribution is -0.813. The van der Waals surface area contributed by atoms with Gasteiger partial charge in [0.05, 0.1) is 13.1 Å². The van der Waals surface area contributed by atoms with Crippen LogP contribution in [0.25, 0.3) is 0 Å². The van der Waals surface area contributed by atoms with Gasteiger partial charge in [0.25, 0.3) is 0 Å². The maximum absolute atomic E-state index is 6.33. The van der Waals surface area contributed by atoms with Crippen molar-refractivity contribution in [2.24, 2.45) is 17.6 Å². The Hall–Kier alpha value is -0.0800. The highest BCUT2D eigenvalue weighted by atomic mass is 15.6. The Morgan fingerprint density at radius 1 is 1.64 bits per heavy atom. The monoisotopic (exact) mass is 153 g/mol. The van der Waals surface area contributed by atoms with Crippen LogP contribution in [0.1, 0.15) is 19.8 Å². The molecule has 0 bridgehead atoms. The first-order valence-corrected chi connectivity index (χ1v) is 4.77. The van der Waals surface area contributed by atoms with Crippen LogP contribution in [0.3, 0.4) is 0 Å². The molecule has 0 aromatic heterocycles. The first kappa shape index (κ1) is 6.44. The summed E-state index contributed by atoms with van der Waals surface area (Å²) in [7, 11) is 2.35. The molecule has 0 aromatic carbocycles. The fourth-order valence-electron chi connectivity index (χ4n) is 3.73. The van der Waals surface area contributed by atoms with Crippen LogP contribution in [0.15, 0.2) is 0 Å². The van der Waals surface area contributed by atoms with Gasteiger partial charge in [0, 0.05) is 18.3 Å². The van der Waals surface area contributed by atoms with E-state index >= 15 is 0 Å². The maximum atomic E-state index is 6.33. The van der Waals surface area contributed by atoms with E-state index in [2.05, 4.69) is 14.0 Å². The van der Waals surface area contributed by atoms with E-state index in [1.165, 1.54) is 23.9 Å². The normalized spacial score (nSPS) is 70.6. The highest BCUT2D eigenvalue weighted by molar-refractivity contribution is 5.14. The van der Waals surface area contributed by atoms with Gasteiger partial charge in [-0.05, 0) is 6.42 Å². The second-order valence-corrected chi connectivity index (χ2v) is 4.90. The Bertz CT molecular complexity index is 228. The molecule has 5 unspecified atom stereocenters. The minimum atomic E-state index is 0.225. The molecule has 0 amide bonds. The molecule has 2 heteroatoms. The van der Waals surface area contributed by atoms with Crippen molar-refractivity contribution < 1.29 is 4.48 Å². The van der Waals surface area contributed by atoms with Crippen molar-refractivity contribution in [3.05, 3.63) is 0 Å². The molecule has 0 spiro atoms. The molecular formula is C9H17N2+. The van der Waals surface area contributed by atoms with Crippen molar-refractivity contribution in [1.82, 2.24) is 0 Å². The molecule has 2 saturated heterocycles. The zero-order valence-electron chi connectivity index (χ0n) is 7.38. The van der Waals surface area contributed by atoms with Crippen LogP contribution in [-0.2, 0) is 0 Å². The van der Waals surface area contributed by atoms with E-state index in [1.807, 2.05) is 0 Å². The molecule has 2 aliphatic heterocycles. The lowest BCUT2D eigenvalue weighted by Crippen LogP contribution is -2.41. The van der Waals surface area contributed by atoms with Gasteiger partial charge in [0.2, 0.25) is 5.66 Å². The number of nitrogens with two attached hydrogens (primary N) is 1. The fourth-order valence-corrected chi connectivity index (χ4v) is 3.73. The Morgan fingerprint density at radius 2 is 2.36 bits per heavy atom. The minimum absolute atomic E-state index is 0.225. The van der Waals surface area contributed by atoms with E-state index in [1.54, 1.807) is 0 Å². The fraction of sp³-hybridized carbons (Fsp3) is 1.00. The van der Waals surface area contributed by atoms with Gasteiger partial charge in [0.1, 0.15) is 0 Å². The Balaban J connectivity index is 1.99. The molecule has 2 nitrogen and oxygen atoms in total. The molecule has 3 fully saturated rings.